The Morgan fingerprint density at radius 2 is 1.88 bits per heavy atom. The minimum absolute atomic E-state index is 0.0670. The van der Waals surface area contributed by atoms with Crippen molar-refractivity contribution in [2.75, 3.05) is 13.1 Å². The van der Waals surface area contributed by atoms with Gasteiger partial charge in [0.1, 0.15) is 5.82 Å². The number of nitrogens with zero attached hydrogens (tertiary/aromatic N) is 3. The first-order chi connectivity index (χ1) is 15.5. The molecule has 2 aromatic carbocycles. The number of hydrogen-bond acceptors (Lipinski definition) is 3. The SMILES string of the molecule is CC(C(=O)N1CCC(C(O)CC2c3ccccc3-c3cncn32)CC1)c1ccc(F)cc1. The Morgan fingerprint density at radius 1 is 1.16 bits per heavy atom. The van der Waals surface area contributed by atoms with Gasteiger partial charge in [0, 0.05) is 18.7 Å². The molecule has 0 saturated carbocycles. The lowest BCUT2D eigenvalue weighted by atomic mass is 9.86. The van der Waals surface area contributed by atoms with E-state index in [1.807, 2.05) is 36.5 Å². The minimum Gasteiger partial charge on any atom is -0.393 e. The number of hydrogen-bond donors (Lipinski definition) is 1. The van der Waals surface area contributed by atoms with Gasteiger partial charge >= 0.3 is 0 Å². The number of piperidine rings is 1. The molecule has 0 bridgehead atoms. The summed E-state index contributed by atoms with van der Waals surface area (Å²) in [5.41, 5.74) is 4.37. The van der Waals surface area contributed by atoms with Crippen LogP contribution in [0.15, 0.2) is 61.1 Å². The van der Waals surface area contributed by atoms with Crippen molar-refractivity contribution in [2.24, 2.45) is 5.92 Å². The second-order valence-corrected chi connectivity index (χ2v) is 9.03. The van der Waals surface area contributed by atoms with Crippen molar-refractivity contribution in [3.05, 3.63) is 78.0 Å². The predicted molar refractivity (Wildman–Crippen MR) is 121 cm³/mol. The second kappa shape index (κ2) is 8.51. The largest absolute Gasteiger partial charge is 0.393 e. The molecule has 5 rings (SSSR count). The Balaban J connectivity index is 1.21. The fraction of sp³-hybridized carbons (Fsp3) is 0.385. The third-order valence-corrected chi connectivity index (χ3v) is 7.20. The molecule has 32 heavy (non-hydrogen) atoms. The van der Waals surface area contributed by atoms with Crippen LogP contribution in [0.4, 0.5) is 4.39 Å². The van der Waals surface area contributed by atoms with E-state index in [2.05, 4.69) is 21.7 Å². The number of imidazole rings is 1. The van der Waals surface area contributed by atoms with Crippen molar-refractivity contribution >= 4 is 5.91 Å². The van der Waals surface area contributed by atoms with Crippen LogP contribution in [0.25, 0.3) is 11.3 Å². The van der Waals surface area contributed by atoms with Gasteiger partial charge in [-0.1, -0.05) is 36.4 Å². The monoisotopic (exact) mass is 433 g/mol. The summed E-state index contributed by atoms with van der Waals surface area (Å²) in [6.07, 6.45) is 5.52. The number of aliphatic hydroxyl groups is 1. The summed E-state index contributed by atoms with van der Waals surface area (Å²) in [6.45, 7) is 3.16. The summed E-state index contributed by atoms with van der Waals surface area (Å²) in [4.78, 5) is 19.1. The maximum absolute atomic E-state index is 13.2. The standard InChI is InChI=1S/C26H28FN3O2/c1-17(18-6-8-20(27)9-7-18)26(32)29-12-10-19(11-13-29)25(31)14-23-21-4-2-3-5-22(21)24-15-28-16-30(23)24/h2-9,15-17,19,23,25,31H,10-14H2,1H3. The van der Waals surface area contributed by atoms with Crippen LogP contribution in [0.1, 0.15) is 49.3 Å². The lowest BCUT2D eigenvalue weighted by Gasteiger charge is -2.36. The third-order valence-electron chi connectivity index (χ3n) is 7.20. The minimum atomic E-state index is -0.437. The number of halogens is 1. The number of carbonyl (C=O) groups excluding carboxylic acids is 1. The molecule has 6 heteroatoms. The highest BCUT2D eigenvalue weighted by molar-refractivity contribution is 5.83. The molecule has 0 aliphatic carbocycles. The molecular weight excluding hydrogens is 405 g/mol. The summed E-state index contributed by atoms with van der Waals surface area (Å²) in [6, 6.07) is 14.6. The van der Waals surface area contributed by atoms with E-state index < -0.39 is 6.10 Å². The van der Waals surface area contributed by atoms with Crippen LogP contribution in [0.3, 0.4) is 0 Å². The molecule has 3 aromatic rings. The van der Waals surface area contributed by atoms with Crippen molar-refractivity contribution in [3.8, 4) is 11.3 Å². The molecule has 1 fully saturated rings. The Labute approximate surface area is 187 Å². The Hall–Kier alpha value is -2.99. The van der Waals surface area contributed by atoms with Crippen LogP contribution >= 0.6 is 0 Å². The first-order valence-corrected chi connectivity index (χ1v) is 11.4. The summed E-state index contributed by atoms with van der Waals surface area (Å²) in [5, 5.41) is 11.1. The summed E-state index contributed by atoms with van der Waals surface area (Å²) in [7, 11) is 0. The van der Waals surface area contributed by atoms with Crippen molar-refractivity contribution in [3.63, 3.8) is 0 Å². The van der Waals surface area contributed by atoms with Crippen LogP contribution in [0.2, 0.25) is 0 Å². The van der Waals surface area contributed by atoms with Gasteiger partial charge in [-0.3, -0.25) is 4.79 Å². The normalized spacial score (nSPS) is 20.0. The molecule has 1 saturated heterocycles. The van der Waals surface area contributed by atoms with E-state index in [4.69, 9.17) is 0 Å². The Morgan fingerprint density at radius 3 is 2.62 bits per heavy atom. The van der Waals surface area contributed by atoms with Crippen LogP contribution in [0, 0.1) is 11.7 Å². The summed E-state index contributed by atoms with van der Waals surface area (Å²) < 4.78 is 15.4. The molecule has 0 radical (unpaired) electrons. The fourth-order valence-electron chi connectivity index (χ4n) is 5.27. The van der Waals surface area contributed by atoms with Crippen LogP contribution in [0.5, 0.6) is 0 Å². The number of benzene rings is 2. The highest BCUT2D eigenvalue weighted by atomic mass is 19.1. The van der Waals surface area contributed by atoms with Gasteiger partial charge in [0.2, 0.25) is 5.91 Å². The Bertz CT molecular complexity index is 1100. The number of rotatable bonds is 5. The average Bonchev–Trinajstić information content (AvgIpc) is 3.41. The zero-order chi connectivity index (χ0) is 22.2. The van der Waals surface area contributed by atoms with E-state index in [1.54, 1.807) is 12.1 Å². The highest BCUT2D eigenvalue weighted by Crippen LogP contribution is 2.42. The zero-order valence-corrected chi connectivity index (χ0v) is 18.2. The van der Waals surface area contributed by atoms with E-state index in [-0.39, 0.29) is 29.6 Å². The first-order valence-electron chi connectivity index (χ1n) is 11.4. The van der Waals surface area contributed by atoms with Crippen LogP contribution in [-0.2, 0) is 4.79 Å². The van der Waals surface area contributed by atoms with Crippen molar-refractivity contribution in [1.29, 1.82) is 0 Å². The van der Waals surface area contributed by atoms with E-state index >= 15 is 0 Å². The quantitative estimate of drug-likeness (QED) is 0.649. The third kappa shape index (κ3) is 3.73. The number of aromatic nitrogens is 2. The molecule has 3 atom stereocenters. The molecule has 166 valence electrons. The van der Waals surface area contributed by atoms with Crippen molar-refractivity contribution in [2.45, 2.75) is 44.2 Å². The topological polar surface area (TPSA) is 58.4 Å². The van der Waals surface area contributed by atoms with Crippen LogP contribution < -0.4 is 0 Å². The molecule has 2 aliphatic rings. The highest BCUT2D eigenvalue weighted by Gasteiger charge is 2.34. The smallest absolute Gasteiger partial charge is 0.229 e. The van der Waals surface area contributed by atoms with E-state index in [1.165, 1.54) is 23.3 Å². The molecule has 1 N–H and O–H groups in total. The lowest BCUT2D eigenvalue weighted by Crippen LogP contribution is -2.43. The first kappa shape index (κ1) is 20.9. The molecule has 3 unspecified atom stereocenters. The van der Waals surface area contributed by atoms with Gasteiger partial charge in [-0.15, -0.1) is 0 Å². The number of likely N-dealkylation sites (tertiary alicyclic amines) is 1. The van der Waals surface area contributed by atoms with Gasteiger partial charge in [0.05, 0.1) is 36.3 Å². The van der Waals surface area contributed by atoms with Gasteiger partial charge in [-0.05, 0) is 55.4 Å². The molecular formula is C26H28FN3O2. The number of fused-ring (bicyclic) bond motifs is 3. The maximum atomic E-state index is 13.2. The molecule has 1 amide bonds. The van der Waals surface area contributed by atoms with E-state index in [0.29, 0.717) is 19.5 Å². The van der Waals surface area contributed by atoms with Crippen molar-refractivity contribution < 1.29 is 14.3 Å². The molecule has 3 heterocycles. The van der Waals surface area contributed by atoms with Gasteiger partial charge in [-0.25, -0.2) is 9.37 Å². The van der Waals surface area contributed by atoms with Gasteiger partial charge < -0.3 is 14.6 Å². The van der Waals surface area contributed by atoms with Gasteiger partial charge in [0.15, 0.2) is 0 Å². The molecule has 1 aromatic heterocycles. The maximum Gasteiger partial charge on any atom is 0.229 e. The summed E-state index contributed by atoms with van der Waals surface area (Å²) >= 11 is 0. The van der Waals surface area contributed by atoms with Gasteiger partial charge in [0.25, 0.3) is 0 Å². The average molecular weight is 434 g/mol. The Kier molecular flexibility index (Phi) is 5.55. The molecule has 0 spiro atoms. The summed E-state index contributed by atoms with van der Waals surface area (Å²) in [5.74, 6) is -0.361. The lowest BCUT2D eigenvalue weighted by molar-refractivity contribution is -0.134. The fourth-order valence-corrected chi connectivity index (χ4v) is 5.27. The predicted octanol–water partition coefficient (Wildman–Crippen LogP) is 4.39. The number of aliphatic hydroxyl groups excluding tert-OH is 1. The molecule has 5 nitrogen and oxygen atoms in total. The van der Waals surface area contributed by atoms with Gasteiger partial charge in [-0.2, -0.15) is 0 Å². The van der Waals surface area contributed by atoms with E-state index in [0.717, 1.165) is 24.1 Å². The van der Waals surface area contributed by atoms with E-state index in [9.17, 15) is 14.3 Å². The molecule has 2 aliphatic heterocycles. The van der Waals surface area contributed by atoms with Crippen molar-refractivity contribution in [1.82, 2.24) is 14.5 Å². The number of carbonyl (C=O) groups is 1. The zero-order valence-electron chi connectivity index (χ0n) is 18.2. The number of amides is 1. The second-order valence-electron chi connectivity index (χ2n) is 9.03. The van der Waals surface area contributed by atoms with Crippen LogP contribution in [-0.4, -0.2) is 44.7 Å².